The highest BCUT2D eigenvalue weighted by Gasteiger charge is 2.18. The number of amides is 1. The Labute approximate surface area is 130 Å². The van der Waals surface area contributed by atoms with Crippen molar-refractivity contribution in [2.75, 3.05) is 12.8 Å². The summed E-state index contributed by atoms with van der Waals surface area (Å²) in [5.41, 5.74) is 0.543. The van der Waals surface area contributed by atoms with E-state index in [2.05, 4.69) is 16.6 Å². The van der Waals surface area contributed by atoms with Crippen LogP contribution >= 0.6 is 0 Å². The molecule has 1 aromatic carbocycles. The number of carbonyl (C=O) groups is 1. The van der Waals surface area contributed by atoms with Crippen LogP contribution in [-0.2, 0) is 14.6 Å². The molecule has 0 aromatic heterocycles. The molecule has 7 heteroatoms. The predicted octanol–water partition coefficient (Wildman–Crippen LogP) is 1.02. The van der Waals surface area contributed by atoms with Crippen molar-refractivity contribution in [2.24, 2.45) is 0 Å². The van der Waals surface area contributed by atoms with Gasteiger partial charge in [-0.25, -0.2) is 12.8 Å². The monoisotopic (exact) mass is 326 g/mol. The minimum Gasteiger partial charge on any atom is -0.344 e. The minimum atomic E-state index is -3.60. The number of rotatable bonds is 6. The Morgan fingerprint density at radius 1 is 1.41 bits per heavy atom. The molecule has 0 saturated carbocycles. The fourth-order valence-corrected chi connectivity index (χ4v) is 2.65. The number of benzene rings is 1. The topological polar surface area (TPSA) is 75.3 Å². The third kappa shape index (κ3) is 4.83. The van der Waals surface area contributed by atoms with Gasteiger partial charge in [0.15, 0.2) is 9.84 Å². The molecule has 0 radical (unpaired) electrons. The number of sulfone groups is 1. The smallest absolute Gasteiger partial charge is 0.237 e. The van der Waals surface area contributed by atoms with Crippen LogP contribution in [0.4, 0.5) is 4.39 Å². The summed E-state index contributed by atoms with van der Waals surface area (Å²) in [6, 6.07) is 3.03. The molecular formula is C15H19FN2O3S. The van der Waals surface area contributed by atoms with Crippen LogP contribution in [0, 0.1) is 18.2 Å². The summed E-state index contributed by atoms with van der Waals surface area (Å²) in [4.78, 5) is 11.4. The summed E-state index contributed by atoms with van der Waals surface area (Å²) in [5.74, 6) is 1.23. The van der Waals surface area contributed by atoms with E-state index in [4.69, 9.17) is 6.42 Å². The Hall–Kier alpha value is -1.91. The summed E-state index contributed by atoms with van der Waals surface area (Å²) in [6.45, 7) is 3.54. The third-order valence-corrected chi connectivity index (χ3v) is 4.24. The lowest BCUT2D eigenvalue weighted by molar-refractivity contribution is -0.122. The molecule has 0 heterocycles. The first-order chi connectivity index (χ1) is 10.2. The third-order valence-electron chi connectivity index (χ3n) is 3.11. The van der Waals surface area contributed by atoms with E-state index in [0.717, 1.165) is 12.3 Å². The first-order valence-electron chi connectivity index (χ1n) is 6.63. The van der Waals surface area contributed by atoms with Gasteiger partial charge in [0.1, 0.15) is 10.7 Å². The summed E-state index contributed by atoms with van der Waals surface area (Å²) >= 11 is 0. The first-order valence-corrected chi connectivity index (χ1v) is 8.52. The Morgan fingerprint density at radius 2 is 2.05 bits per heavy atom. The lowest BCUT2D eigenvalue weighted by atomic mass is 10.1. The fourth-order valence-electron chi connectivity index (χ4n) is 1.93. The van der Waals surface area contributed by atoms with Crippen molar-refractivity contribution < 1.29 is 17.6 Å². The molecule has 0 aliphatic rings. The van der Waals surface area contributed by atoms with E-state index in [1.165, 1.54) is 12.1 Å². The second kappa shape index (κ2) is 7.38. The van der Waals surface area contributed by atoms with Crippen LogP contribution in [-0.4, -0.2) is 33.2 Å². The van der Waals surface area contributed by atoms with Crippen molar-refractivity contribution in [2.45, 2.75) is 30.8 Å². The van der Waals surface area contributed by atoms with Crippen LogP contribution in [0.15, 0.2) is 23.1 Å². The van der Waals surface area contributed by atoms with Gasteiger partial charge >= 0.3 is 0 Å². The quantitative estimate of drug-likeness (QED) is 0.765. The fraction of sp³-hybridized carbons (Fsp3) is 0.400. The van der Waals surface area contributed by atoms with Crippen LogP contribution in [0.5, 0.6) is 0 Å². The standard InChI is InChI=1S/C15H19FN2O3S/c1-5-8-17-15(19)11(3)18-10(2)12-6-7-14(13(16)9-12)22(4,20)21/h1,6-7,9-11,18H,8H2,2-4H3,(H,17,19)/t10-,11+/m0/s1. The molecular weight excluding hydrogens is 307 g/mol. The van der Waals surface area contributed by atoms with Gasteiger partial charge < -0.3 is 5.32 Å². The average molecular weight is 326 g/mol. The van der Waals surface area contributed by atoms with E-state index in [0.29, 0.717) is 5.56 Å². The van der Waals surface area contributed by atoms with Crippen LogP contribution < -0.4 is 10.6 Å². The van der Waals surface area contributed by atoms with E-state index in [-0.39, 0.29) is 23.4 Å². The predicted molar refractivity (Wildman–Crippen MR) is 82.4 cm³/mol. The van der Waals surface area contributed by atoms with Crippen molar-refractivity contribution in [3.05, 3.63) is 29.6 Å². The van der Waals surface area contributed by atoms with Crippen molar-refractivity contribution in [3.8, 4) is 12.3 Å². The summed E-state index contributed by atoms with van der Waals surface area (Å²) in [5, 5.41) is 5.53. The van der Waals surface area contributed by atoms with Crippen LogP contribution in [0.25, 0.3) is 0 Å². The number of terminal acetylenes is 1. The second-order valence-electron chi connectivity index (χ2n) is 4.99. The maximum absolute atomic E-state index is 13.9. The molecule has 5 nitrogen and oxygen atoms in total. The van der Waals surface area contributed by atoms with E-state index < -0.39 is 21.7 Å². The normalized spacial score (nSPS) is 14.0. The zero-order valence-electron chi connectivity index (χ0n) is 12.7. The first kappa shape index (κ1) is 18.1. The van der Waals surface area contributed by atoms with E-state index >= 15 is 0 Å². The molecule has 2 N–H and O–H groups in total. The molecule has 0 bridgehead atoms. The average Bonchev–Trinajstić information content (AvgIpc) is 2.42. The number of halogens is 1. The molecule has 0 spiro atoms. The Balaban J connectivity index is 2.83. The van der Waals surface area contributed by atoms with Gasteiger partial charge in [-0.3, -0.25) is 10.1 Å². The van der Waals surface area contributed by atoms with Gasteiger partial charge in [0.05, 0.1) is 12.6 Å². The Kier molecular flexibility index (Phi) is 6.09. The molecule has 0 aliphatic heterocycles. The molecule has 0 unspecified atom stereocenters. The van der Waals surface area contributed by atoms with Crippen molar-refractivity contribution in [3.63, 3.8) is 0 Å². The van der Waals surface area contributed by atoms with Gasteiger partial charge in [0, 0.05) is 12.3 Å². The van der Waals surface area contributed by atoms with Gasteiger partial charge in [-0.2, -0.15) is 0 Å². The number of hydrogen-bond donors (Lipinski definition) is 2. The second-order valence-corrected chi connectivity index (χ2v) is 6.98. The van der Waals surface area contributed by atoms with Crippen LogP contribution in [0.2, 0.25) is 0 Å². The summed E-state index contributed by atoms with van der Waals surface area (Å²) in [7, 11) is -3.60. The zero-order chi connectivity index (χ0) is 16.9. The SMILES string of the molecule is C#CCNC(=O)[C@@H](C)N[C@@H](C)c1ccc(S(C)(=O)=O)c(F)c1. The minimum absolute atomic E-state index is 0.136. The maximum atomic E-state index is 13.9. The molecule has 1 amide bonds. The molecule has 22 heavy (non-hydrogen) atoms. The number of hydrogen-bond acceptors (Lipinski definition) is 4. The van der Waals surface area contributed by atoms with Gasteiger partial charge in [-0.1, -0.05) is 12.0 Å². The van der Waals surface area contributed by atoms with Crippen molar-refractivity contribution in [1.29, 1.82) is 0 Å². The number of nitrogens with one attached hydrogen (secondary N) is 2. The molecule has 2 atom stereocenters. The largest absolute Gasteiger partial charge is 0.344 e. The molecule has 0 fully saturated rings. The van der Waals surface area contributed by atoms with E-state index in [1.807, 2.05) is 0 Å². The van der Waals surface area contributed by atoms with Gasteiger partial charge in [-0.15, -0.1) is 6.42 Å². The zero-order valence-corrected chi connectivity index (χ0v) is 13.5. The van der Waals surface area contributed by atoms with E-state index in [1.54, 1.807) is 13.8 Å². The van der Waals surface area contributed by atoms with Crippen molar-refractivity contribution in [1.82, 2.24) is 10.6 Å². The van der Waals surface area contributed by atoms with Crippen LogP contribution in [0.3, 0.4) is 0 Å². The Bertz CT molecular complexity index is 695. The highest BCUT2D eigenvalue weighted by atomic mass is 32.2. The van der Waals surface area contributed by atoms with Gasteiger partial charge in [0.2, 0.25) is 5.91 Å². The van der Waals surface area contributed by atoms with Crippen molar-refractivity contribution >= 4 is 15.7 Å². The van der Waals surface area contributed by atoms with Gasteiger partial charge in [0.25, 0.3) is 0 Å². The number of carbonyl (C=O) groups excluding carboxylic acids is 1. The molecule has 120 valence electrons. The molecule has 0 saturated heterocycles. The molecule has 0 aliphatic carbocycles. The highest BCUT2D eigenvalue weighted by Crippen LogP contribution is 2.20. The molecule has 1 rings (SSSR count). The molecule has 1 aromatic rings. The highest BCUT2D eigenvalue weighted by molar-refractivity contribution is 7.90. The lowest BCUT2D eigenvalue weighted by Crippen LogP contribution is -2.43. The van der Waals surface area contributed by atoms with Gasteiger partial charge in [-0.05, 0) is 31.5 Å². The summed E-state index contributed by atoms with van der Waals surface area (Å²) < 4.78 is 36.6. The Morgan fingerprint density at radius 3 is 2.55 bits per heavy atom. The van der Waals surface area contributed by atoms with E-state index in [9.17, 15) is 17.6 Å². The maximum Gasteiger partial charge on any atom is 0.237 e. The lowest BCUT2D eigenvalue weighted by Gasteiger charge is -2.20. The van der Waals surface area contributed by atoms with Crippen LogP contribution in [0.1, 0.15) is 25.5 Å². The summed E-state index contributed by atoms with van der Waals surface area (Å²) in [6.07, 6.45) is 6.01.